The highest BCUT2D eigenvalue weighted by Crippen LogP contribution is 2.33. The van der Waals surface area contributed by atoms with Crippen molar-refractivity contribution in [1.82, 2.24) is 10.2 Å². The topological polar surface area (TPSA) is 96.0 Å². The number of ether oxygens (including phenoxy) is 1. The molecular formula is C30H35Cl2N3O5S. The van der Waals surface area contributed by atoms with Gasteiger partial charge >= 0.3 is 0 Å². The number of halogens is 2. The minimum absolute atomic E-state index is 0.0393. The van der Waals surface area contributed by atoms with Gasteiger partial charge in [-0.1, -0.05) is 61.3 Å². The van der Waals surface area contributed by atoms with Gasteiger partial charge in [-0.05, 0) is 73.9 Å². The smallest absolute Gasteiger partial charge is 0.264 e. The van der Waals surface area contributed by atoms with Crippen LogP contribution in [0, 0.1) is 5.92 Å². The molecule has 0 unspecified atom stereocenters. The third kappa shape index (κ3) is 8.61. The number of sulfonamides is 1. The van der Waals surface area contributed by atoms with E-state index in [1.165, 1.54) is 29.2 Å². The number of nitrogens with zero attached hydrogens (tertiary/aromatic N) is 2. The largest absolute Gasteiger partial charge is 0.492 e. The lowest BCUT2D eigenvalue weighted by Gasteiger charge is -2.32. The highest BCUT2D eigenvalue weighted by molar-refractivity contribution is 7.92. The predicted molar refractivity (Wildman–Crippen MR) is 163 cm³/mol. The number of carbonyl (C=O) groups is 2. The van der Waals surface area contributed by atoms with Gasteiger partial charge in [-0.3, -0.25) is 13.9 Å². The van der Waals surface area contributed by atoms with Gasteiger partial charge in [0.25, 0.3) is 10.0 Å². The molecular weight excluding hydrogens is 585 g/mol. The molecule has 0 radical (unpaired) electrons. The SMILES string of the molecule is CCOc1ccccc1N(CC(=O)N(Cc1cccc(Cl)c1)[C@@H](C)C(=O)NCC(C)C)S(=O)(=O)c1ccc(Cl)cc1. The molecule has 41 heavy (non-hydrogen) atoms. The Morgan fingerprint density at radius 1 is 0.927 bits per heavy atom. The second-order valence-corrected chi connectivity index (χ2v) is 12.6. The van der Waals surface area contributed by atoms with Crippen molar-refractivity contribution in [3.05, 3.63) is 88.4 Å². The van der Waals surface area contributed by atoms with Crippen LogP contribution in [0.3, 0.4) is 0 Å². The van der Waals surface area contributed by atoms with E-state index in [-0.39, 0.29) is 35.6 Å². The van der Waals surface area contributed by atoms with Gasteiger partial charge in [0, 0.05) is 23.1 Å². The Hall–Kier alpha value is -3.27. The van der Waals surface area contributed by atoms with Gasteiger partial charge in [-0.15, -0.1) is 0 Å². The molecule has 1 N–H and O–H groups in total. The molecule has 0 bridgehead atoms. The third-order valence-corrected chi connectivity index (χ3v) is 8.47. The molecule has 0 aliphatic carbocycles. The quantitative estimate of drug-likeness (QED) is 0.262. The summed E-state index contributed by atoms with van der Waals surface area (Å²) >= 11 is 12.2. The molecule has 1 atom stereocenters. The minimum Gasteiger partial charge on any atom is -0.492 e. The van der Waals surface area contributed by atoms with Crippen LogP contribution in [0.2, 0.25) is 10.0 Å². The van der Waals surface area contributed by atoms with E-state index in [0.29, 0.717) is 27.9 Å². The fraction of sp³-hybridized carbons (Fsp3) is 0.333. The summed E-state index contributed by atoms with van der Waals surface area (Å²) in [6, 6.07) is 18.3. The summed E-state index contributed by atoms with van der Waals surface area (Å²) < 4.78 is 34.7. The number of carbonyl (C=O) groups excluding carboxylic acids is 2. The van der Waals surface area contributed by atoms with E-state index in [1.54, 1.807) is 62.4 Å². The summed E-state index contributed by atoms with van der Waals surface area (Å²) in [7, 11) is -4.26. The number of hydrogen-bond acceptors (Lipinski definition) is 5. The lowest BCUT2D eigenvalue weighted by Crippen LogP contribution is -2.51. The average molecular weight is 621 g/mol. The number of rotatable bonds is 13. The number of hydrogen-bond donors (Lipinski definition) is 1. The van der Waals surface area contributed by atoms with E-state index in [4.69, 9.17) is 27.9 Å². The summed E-state index contributed by atoms with van der Waals surface area (Å²) in [6.45, 7) is 7.50. The zero-order valence-corrected chi connectivity index (χ0v) is 25.8. The monoisotopic (exact) mass is 619 g/mol. The van der Waals surface area contributed by atoms with Crippen molar-refractivity contribution in [2.75, 3.05) is 24.0 Å². The van der Waals surface area contributed by atoms with Crippen molar-refractivity contribution in [2.24, 2.45) is 5.92 Å². The van der Waals surface area contributed by atoms with Crippen molar-refractivity contribution < 1.29 is 22.7 Å². The van der Waals surface area contributed by atoms with Crippen molar-refractivity contribution in [3.63, 3.8) is 0 Å². The molecule has 0 saturated carbocycles. The number of benzene rings is 3. The number of anilines is 1. The van der Waals surface area contributed by atoms with Gasteiger partial charge in [0.05, 0.1) is 17.2 Å². The molecule has 0 fully saturated rings. The van der Waals surface area contributed by atoms with Gasteiger partial charge in [0.2, 0.25) is 11.8 Å². The first-order chi connectivity index (χ1) is 19.4. The van der Waals surface area contributed by atoms with Crippen LogP contribution in [0.1, 0.15) is 33.3 Å². The molecule has 3 rings (SSSR count). The highest BCUT2D eigenvalue weighted by Gasteiger charge is 2.33. The number of amides is 2. The van der Waals surface area contributed by atoms with E-state index in [1.807, 2.05) is 13.8 Å². The second-order valence-electron chi connectivity index (χ2n) is 9.83. The standard InChI is InChI=1S/C30H35Cl2N3O5S/c1-5-40-28-12-7-6-11-27(28)35(41(38,39)26-15-13-24(31)14-16-26)20-29(36)34(19-23-9-8-10-25(32)17-23)22(4)30(37)33-18-21(2)3/h6-17,21-22H,5,18-20H2,1-4H3,(H,33,37)/t22-/m0/s1. The van der Waals surface area contributed by atoms with E-state index in [2.05, 4.69) is 5.32 Å². The summed E-state index contributed by atoms with van der Waals surface area (Å²) in [5.41, 5.74) is 0.883. The zero-order chi connectivity index (χ0) is 30.2. The van der Waals surface area contributed by atoms with Gasteiger partial charge in [-0.2, -0.15) is 0 Å². The highest BCUT2D eigenvalue weighted by atomic mass is 35.5. The molecule has 0 spiro atoms. The predicted octanol–water partition coefficient (Wildman–Crippen LogP) is 5.78. The summed E-state index contributed by atoms with van der Waals surface area (Å²) in [5.74, 6) is -0.431. The molecule has 0 aliphatic heterocycles. The van der Waals surface area contributed by atoms with Crippen LogP contribution in [0.15, 0.2) is 77.7 Å². The fourth-order valence-corrected chi connectivity index (χ4v) is 5.82. The van der Waals surface area contributed by atoms with Crippen LogP contribution in [0.5, 0.6) is 5.75 Å². The second kappa shape index (κ2) is 14.6. The first-order valence-corrected chi connectivity index (χ1v) is 15.4. The molecule has 0 aromatic heterocycles. The summed E-state index contributed by atoms with van der Waals surface area (Å²) in [5, 5.41) is 3.71. The normalized spacial score (nSPS) is 12.1. The maximum absolute atomic E-state index is 14.0. The first-order valence-electron chi connectivity index (χ1n) is 13.3. The van der Waals surface area contributed by atoms with E-state index >= 15 is 0 Å². The summed E-state index contributed by atoms with van der Waals surface area (Å²) in [6.07, 6.45) is 0. The zero-order valence-electron chi connectivity index (χ0n) is 23.5. The Labute approximate surface area is 252 Å². The Bertz CT molecular complexity index is 1450. The van der Waals surface area contributed by atoms with Gasteiger partial charge in [0.1, 0.15) is 18.3 Å². The Morgan fingerprint density at radius 3 is 2.24 bits per heavy atom. The van der Waals surface area contributed by atoms with Crippen LogP contribution in [0.4, 0.5) is 5.69 Å². The van der Waals surface area contributed by atoms with Crippen LogP contribution in [0.25, 0.3) is 0 Å². The molecule has 8 nitrogen and oxygen atoms in total. The Kier molecular flexibility index (Phi) is 11.5. The maximum Gasteiger partial charge on any atom is 0.264 e. The minimum atomic E-state index is -4.26. The number of para-hydroxylation sites is 2. The molecule has 3 aromatic rings. The third-order valence-electron chi connectivity index (χ3n) is 6.21. The maximum atomic E-state index is 14.0. The van der Waals surface area contributed by atoms with Crippen molar-refractivity contribution in [3.8, 4) is 5.75 Å². The summed E-state index contributed by atoms with van der Waals surface area (Å²) in [4.78, 5) is 28.5. The van der Waals surface area contributed by atoms with Crippen LogP contribution >= 0.6 is 23.2 Å². The van der Waals surface area contributed by atoms with Crippen molar-refractivity contribution in [1.29, 1.82) is 0 Å². The lowest BCUT2D eigenvalue weighted by atomic mass is 10.1. The van der Waals surface area contributed by atoms with Crippen LogP contribution < -0.4 is 14.4 Å². The van der Waals surface area contributed by atoms with Crippen LogP contribution in [-0.4, -0.2) is 50.9 Å². The average Bonchev–Trinajstić information content (AvgIpc) is 2.93. The molecule has 3 aromatic carbocycles. The van der Waals surface area contributed by atoms with Gasteiger partial charge < -0.3 is 15.0 Å². The first kappa shape index (κ1) is 32.2. The molecule has 2 amide bonds. The molecule has 0 aliphatic rings. The van der Waals surface area contributed by atoms with Crippen molar-refractivity contribution in [2.45, 2.75) is 45.2 Å². The Balaban J connectivity index is 2.07. The Morgan fingerprint density at radius 2 is 1.61 bits per heavy atom. The van der Waals surface area contributed by atoms with E-state index in [9.17, 15) is 18.0 Å². The molecule has 11 heteroatoms. The molecule has 0 heterocycles. The molecule has 220 valence electrons. The fourth-order valence-electron chi connectivity index (χ4n) is 4.05. The van der Waals surface area contributed by atoms with Gasteiger partial charge in [-0.25, -0.2) is 8.42 Å². The van der Waals surface area contributed by atoms with Gasteiger partial charge in [0.15, 0.2) is 0 Å². The number of nitrogens with one attached hydrogen (secondary N) is 1. The van der Waals surface area contributed by atoms with Crippen LogP contribution in [-0.2, 0) is 26.2 Å². The van der Waals surface area contributed by atoms with Crippen molar-refractivity contribution >= 4 is 50.7 Å². The van der Waals surface area contributed by atoms with E-state index < -0.39 is 28.5 Å². The molecule has 0 saturated heterocycles. The lowest BCUT2D eigenvalue weighted by molar-refractivity contribution is -0.139. The van der Waals surface area contributed by atoms with E-state index in [0.717, 1.165) is 4.31 Å².